The van der Waals surface area contributed by atoms with Crippen LogP contribution in [0.15, 0.2) is 158 Å². The molecule has 3 atom stereocenters. The molecule has 0 aromatic heterocycles. The molecule has 8 nitrogen and oxygen atoms in total. The number of carbonyl (C=O) groups excluding carboxylic acids is 1. The van der Waals surface area contributed by atoms with Gasteiger partial charge in [0.15, 0.2) is 0 Å². The number of unbranched alkanes of at least 4 members (excludes halogenated alkanes) is 11. The van der Waals surface area contributed by atoms with E-state index in [4.69, 9.17) is 9.05 Å². The fourth-order valence-corrected chi connectivity index (χ4v) is 7.62. The Morgan fingerprint density at radius 3 is 1.28 bits per heavy atom. The van der Waals surface area contributed by atoms with Gasteiger partial charge < -0.3 is 19.8 Å². The van der Waals surface area contributed by atoms with Gasteiger partial charge in [-0.3, -0.25) is 13.8 Å². The molecule has 1 amide bonds. The number of hydrogen-bond donors (Lipinski definition) is 3. The van der Waals surface area contributed by atoms with Crippen molar-refractivity contribution in [1.29, 1.82) is 0 Å². The highest BCUT2D eigenvalue weighted by molar-refractivity contribution is 7.47. The molecule has 0 rings (SSSR count). The Bertz CT molecular complexity index is 1720. The van der Waals surface area contributed by atoms with E-state index in [1.165, 1.54) is 44.9 Å². The molecule has 3 N–H and O–H groups in total. The number of hydrogen-bond acceptors (Lipinski definition) is 5. The van der Waals surface area contributed by atoms with Gasteiger partial charge in [0.1, 0.15) is 13.2 Å². The maximum Gasteiger partial charge on any atom is 0.472 e. The maximum absolute atomic E-state index is 12.9. The molecule has 0 saturated carbocycles. The van der Waals surface area contributed by atoms with Crippen molar-refractivity contribution in [2.24, 2.45) is 0 Å². The predicted molar refractivity (Wildman–Crippen MR) is 313 cm³/mol. The van der Waals surface area contributed by atoms with Gasteiger partial charge in [0, 0.05) is 6.42 Å². The van der Waals surface area contributed by atoms with E-state index >= 15 is 0 Å². The fraction of sp³-hybridized carbons (Fsp3) is 0.571. The Balaban J connectivity index is 4.29. The van der Waals surface area contributed by atoms with Crippen LogP contribution in [0.4, 0.5) is 0 Å². The number of phosphoric ester groups is 1. The van der Waals surface area contributed by atoms with E-state index in [0.29, 0.717) is 23.9 Å². The second kappa shape index (κ2) is 52.0. The van der Waals surface area contributed by atoms with Crippen LogP contribution in [0.1, 0.15) is 181 Å². The van der Waals surface area contributed by atoms with Crippen LogP contribution < -0.4 is 5.32 Å². The van der Waals surface area contributed by atoms with E-state index in [2.05, 4.69) is 165 Å². The van der Waals surface area contributed by atoms with Crippen LogP contribution in [-0.2, 0) is 18.4 Å². The van der Waals surface area contributed by atoms with Crippen LogP contribution in [0.3, 0.4) is 0 Å². The minimum atomic E-state index is -4.37. The quantitative estimate of drug-likeness (QED) is 0.0243. The minimum absolute atomic E-state index is 0.0402. The van der Waals surface area contributed by atoms with Gasteiger partial charge in [0.2, 0.25) is 5.91 Å². The first-order chi connectivity index (χ1) is 35.0. The molecule has 0 aromatic rings. The number of phosphoric acid groups is 1. The van der Waals surface area contributed by atoms with Crippen LogP contribution >= 0.6 is 7.82 Å². The molecule has 72 heavy (non-hydrogen) atoms. The summed E-state index contributed by atoms with van der Waals surface area (Å²) in [7, 11) is 1.50. The molecule has 0 aliphatic rings. The number of likely N-dealkylation sites (N-methyl/N-ethyl adjacent to an activating group) is 1. The molecule has 0 fully saturated rings. The lowest BCUT2D eigenvalue weighted by Crippen LogP contribution is -2.45. The number of carbonyl (C=O) groups is 1. The SMILES string of the molecule is CC/C=C\C/C=C\C/C=C\C/C=C\C/C=C\C/C=C\C/C=C\C/C=C\C/C=C\C/C=C\C/C=C\CCCCCC(=O)NC(COP(=O)(O)OCC[N+](C)(C)C)C(O)/C=C/CC/C=C/CCCCCCCCC. The van der Waals surface area contributed by atoms with Crippen LogP contribution in [-0.4, -0.2) is 73.4 Å². The molecule has 3 unspecified atom stereocenters. The number of quaternary nitrogens is 1. The number of rotatable bonds is 48. The molecular weight excluding hydrogens is 912 g/mol. The molecule has 0 aliphatic carbocycles. The van der Waals surface area contributed by atoms with Gasteiger partial charge in [0.25, 0.3) is 0 Å². The number of nitrogens with zero attached hydrogens (tertiary/aromatic N) is 1. The number of allylic oxidation sites excluding steroid dienone is 25. The van der Waals surface area contributed by atoms with Gasteiger partial charge in [-0.15, -0.1) is 0 Å². The first-order valence-corrected chi connectivity index (χ1v) is 29.4. The summed E-state index contributed by atoms with van der Waals surface area (Å²) >= 11 is 0. The fourth-order valence-electron chi connectivity index (χ4n) is 6.88. The van der Waals surface area contributed by atoms with Gasteiger partial charge in [-0.1, -0.05) is 217 Å². The predicted octanol–water partition coefficient (Wildman–Crippen LogP) is 17.1. The van der Waals surface area contributed by atoms with Crippen molar-refractivity contribution in [1.82, 2.24) is 5.32 Å². The highest BCUT2D eigenvalue weighted by atomic mass is 31.2. The molecule has 0 aromatic carbocycles. The largest absolute Gasteiger partial charge is 0.472 e. The summed E-state index contributed by atoms with van der Waals surface area (Å²) in [6, 6.07) is -0.893. The van der Waals surface area contributed by atoms with Gasteiger partial charge >= 0.3 is 7.82 Å². The normalized spacial score (nSPS) is 15.2. The van der Waals surface area contributed by atoms with E-state index in [1.807, 2.05) is 27.2 Å². The zero-order valence-corrected chi connectivity index (χ0v) is 47.0. The second-order valence-corrected chi connectivity index (χ2v) is 20.7. The van der Waals surface area contributed by atoms with Gasteiger partial charge in [-0.25, -0.2) is 4.57 Å². The van der Waals surface area contributed by atoms with Gasteiger partial charge in [-0.05, 0) is 116 Å². The number of aliphatic hydroxyl groups is 1. The molecular formula is C63H104N2O6P+. The molecule has 0 spiro atoms. The van der Waals surface area contributed by atoms with Crippen molar-refractivity contribution in [2.45, 2.75) is 193 Å². The number of amides is 1. The lowest BCUT2D eigenvalue weighted by molar-refractivity contribution is -0.870. The Morgan fingerprint density at radius 2 is 0.847 bits per heavy atom. The summed E-state index contributed by atoms with van der Waals surface area (Å²) in [6.45, 7) is 4.61. The molecule has 406 valence electrons. The summed E-state index contributed by atoms with van der Waals surface area (Å²) in [6.07, 6.45) is 82.1. The maximum atomic E-state index is 12.9. The van der Waals surface area contributed by atoms with Crippen molar-refractivity contribution in [3.8, 4) is 0 Å². The van der Waals surface area contributed by atoms with E-state index in [0.717, 1.165) is 109 Å². The molecule has 9 heteroatoms. The first-order valence-electron chi connectivity index (χ1n) is 27.9. The van der Waals surface area contributed by atoms with Crippen molar-refractivity contribution >= 4 is 13.7 Å². The van der Waals surface area contributed by atoms with Crippen LogP contribution in [0, 0.1) is 0 Å². The van der Waals surface area contributed by atoms with Gasteiger partial charge in [-0.2, -0.15) is 0 Å². The first kappa shape index (κ1) is 68.1. The summed E-state index contributed by atoms with van der Waals surface area (Å²) < 4.78 is 23.6. The standard InChI is InChI=1S/C63H103N2O6P/c1-6-8-10-12-14-16-18-20-21-22-23-24-25-26-27-28-29-30-31-32-33-34-35-36-37-38-39-40-41-42-43-45-47-49-51-53-55-57-63(67)64-61(60-71-72(68,69)70-59-58-65(3,4)5)62(66)56-54-52-50-48-46-44-19-17-15-13-11-9-7-2/h8,10,14,16,20-21,23-24,26-27,29-30,32-33,35-36,38-39,41-42,45-48,54,56,61-62,66H,6-7,9,11-13,15,17-19,22,25,28,31,34,37,40,43-44,49-53,55,57-60H2,1-5H3,(H-,64,67,68,69)/p+1/b10-8-,16-14-,21-20-,24-23-,27-26-,30-29-,33-32-,36-35-,39-38-,42-41-,47-45-,48-46+,56-54+. The van der Waals surface area contributed by atoms with Crippen LogP contribution in [0.5, 0.6) is 0 Å². The van der Waals surface area contributed by atoms with Crippen molar-refractivity contribution < 1.29 is 32.9 Å². The average molecular weight is 1020 g/mol. The molecule has 0 radical (unpaired) electrons. The third kappa shape index (κ3) is 53.9. The van der Waals surface area contributed by atoms with Crippen LogP contribution in [0.2, 0.25) is 0 Å². The smallest absolute Gasteiger partial charge is 0.387 e. The van der Waals surface area contributed by atoms with Crippen molar-refractivity contribution in [2.75, 3.05) is 40.9 Å². The zero-order chi connectivity index (χ0) is 52.7. The number of nitrogens with one attached hydrogen (secondary N) is 1. The summed E-state index contributed by atoms with van der Waals surface area (Å²) in [5.74, 6) is -0.227. The number of aliphatic hydroxyl groups excluding tert-OH is 1. The Hall–Kier alpha value is -3.88. The lowest BCUT2D eigenvalue weighted by atomic mass is 10.1. The van der Waals surface area contributed by atoms with Crippen molar-refractivity contribution in [3.05, 3.63) is 158 Å². The highest BCUT2D eigenvalue weighted by Gasteiger charge is 2.27. The van der Waals surface area contributed by atoms with E-state index in [9.17, 15) is 19.4 Å². The minimum Gasteiger partial charge on any atom is -0.387 e. The summed E-state index contributed by atoms with van der Waals surface area (Å²) in [5.41, 5.74) is 0. The summed E-state index contributed by atoms with van der Waals surface area (Å²) in [4.78, 5) is 23.2. The molecule has 0 bridgehead atoms. The topological polar surface area (TPSA) is 105 Å². The monoisotopic (exact) mass is 1020 g/mol. The van der Waals surface area contributed by atoms with E-state index in [-0.39, 0.29) is 19.1 Å². The Labute approximate surface area is 441 Å². The Morgan fingerprint density at radius 1 is 0.486 bits per heavy atom. The molecule has 0 saturated heterocycles. The van der Waals surface area contributed by atoms with E-state index in [1.54, 1.807) is 6.08 Å². The average Bonchev–Trinajstić information content (AvgIpc) is 3.34. The second-order valence-electron chi connectivity index (χ2n) is 19.2. The van der Waals surface area contributed by atoms with Crippen molar-refractivity contribution in [3.63, 3.8) is 0 Å². The van der Waals surface area contributed by atoms with Gasteiger partial charge in [0.05, 0.1) is 39.9 Å². The third-order valence-electron chi connectivity index (χ3n) is 11.2. The highest BCUT2D eigenvalue weighted by Crippen LogP contribution is 2.43. The summed E-state index contributed by atoms with van der Waals surface area (Å²) in [5, 5.41) is 13.8. The third-order valence-corrected chi connectivity index (χ3v) is 12.2. The lowest BCUT2D eigenvalue weighted by Gasteiger charge is -2.25. The molecule has 0 aliphatic heterocycles. The zero-order valence-electron chi connectivity index (χ0n) is 46.1. The Kier molecular flexibility index (Phi) is 49.2. The van der Waals surface area contributed by atoms with E-state index < -0.39 is 20.0 Å². The van der Waals surface area contributed by atoms with Crippen LogP contribution in [0.25, 0.3) is 0 Å². The molecule has 0 heterocycles.